The Kier molecular flexibility index (Phi) is 6.47. The van der Waals surface area contributed by atoms with Crippen LogP contribution in [0.1, 0.15) is 0 Å². The maximum Gasteiger partial charge on any atom is 0.139 e. The van der Waals surface area contributed by atoms with E-state index in [2.05, 4.69) is 182 Å². The average molecular weight is 737 g/mol. The van der Waals surface area contributed by atoms with E-state index in [0.717, 1.165) is 55.0 Å². The summed E-state index contributed by atoms with van der Waals surface area (Å²) in [5, 5.41) is 16.8. The largest absolute Gasteiger partial charge is 0.456 e. The van der Waals surface area contributed by atoms with Crippen LogP contribution < -0.4 is 0 Å². The summed E-state index contributed by atoms with van der Waals surface area (Å²) >= 11 is 0. The van der Waals surface area contributed by atoms with Gasteiger partial charge in [0.05, 0.1) is 0 Å². The minimum Gasteiger partial charge on any atom is -0.456 e. The van der Waals surface area contributed by atoms with Gasteiger partial charge in [-0.2, -0.15) is 0 Å². The highest BCUT2D eigenvalue weighted by Gasteiger charge is 2.20. The molecule has 0 aliphatic rings. The summed E-state index contributed by atoms with van der Waals surface area (Å²) in [6.45, 7) is 0. The molecule has 2 aromatic heterocycles. The number of benzene rings is 11. The van der Waals surface area contributed by atoms with Gasteiger partial charge in [-0.05, 0) is 124 Å². The van der Waals surface area contributed by atoms with Crippen LogP contribution in [-0.2, 0) is 0 Å². The predicted molar refractivity (Wildman–Crippen MR) is 245 cm³/mol. The highest BCUT2D eigenvalue weighted by Crippen LogP contribution is 2.46. The first-order chi connectivity index (χ1) is 28.7. The third-order valence-electron chi connectivity index (χ3n) is 12.4. The molecule has 13 rings (SSSR count). The molecule has 0 radical (unpaired) electrons. The van der Waals surface area contributed by atoms with Gasteiger partial charge < -0.3 is 8.83 Å². The van der Waals surface area contributed by atoms with Crippen molar-refractivity contribution in [3.8, 4) is 33.4 Å². The van der Waals surface area contributed by atoms with Gasteiger partial charge in [0.25, 0.3) is 0 Å². The highest BCUT2D eigenvalue weighted by atomic mass is 16.3. The second-order valence-electron chi connectivity index (χ2n) is 15.6. The van der Waals surface area contributed by atoms with Crippen LogP contribution >= 0.6 is 0 Å². The van der Waals surface area contributed by atoms with Crippen molar-refractivity contribution in [3.05, 3.63) is 194 Å². The predicted octanol–water partition coefficient (Wildman–Crippen LogP) is 16.3. The summed E-state index contributed by atoms with van der Waals surface area (Å²) < 4.78 is 12.9. The molecule has 13 aromatic rings. The molecule has 2 heterocycles. The van der Waals surface area contributed by atoms with Gasteiger partial charge >= 0.3 is 0 Å². The van der Waals surface area contributed by atoms with Crippen LogP contribution in [0.2, 0.25) is 0 Å². The summed E-state index contributed by atoms with van der Waals surface area (Å²) in [5.74, 6) is 0. The molecule has 268 valence electrons. The summed E-state index contributed by atoms with van der Waals surface area (Å²) in [5.41, 5.74) is 10.8. The van der Waals surface area contributed by atoms with Gasteiger partial charge in [0, 0.05) is 27.6 Å². The molecule has 0 unspecified atom stereocenters. The van der Waals surface area contributed by atoms with E-state index in [1.807, 2.05) is 12.1 Å². The van der Waals surface area contributed by atoms with E-state index in [9.17, 15) is 0 Å². The summed E-state index contributed by atoms with van der Waals surface area (Å²) in [4.78, 5) is 0. The second-order valence-corrected chi connectivity index (χ2v) is 15.6. The molecule has 0 aliphatic heterocycles. The minimum absolute atomic E-state index is 0.834. The zero-order valence-corrected chi connectivity index (χ0v) is 31.3. The lowest BCUT2D eigenvalue weighted by atomic mass is 9.85. The number of hydrogen-bond donors (Lipinski definition) is 0. The third kappa shape index (κ3) is 4.54. The lowest BCUT2D eigenvalue weighted by molar-refractivity contribution is 0.656. The lowest BCUT2D eigenvalue weighted by Crippen LogP contribution is -1.91. The van der Waals surface area contributed by atoms with Gasteiger partial charge in [0.2, 0.25) is 0 Å². The van der Waals surface area contributed by atoms with Crippen molar-refractivity contribution in [2.75, 3.05) is 0 Å². The fourth-order valence-corrected chi connectivity index (χ4v) is 9.76. The van der Waals surface area contributed by atoms with Crippen LogP contribution in [0.3, 0.4) is 0 Å². The fourth-order valence-electron chi connectivity index (χ4n) is 9.76. The summed E-state index contributed by atoms with van der Waals surface area (Å²) in [6, 6.07) is 70.6. The summed E-state index contributed by atoms with van der Waals surface area (Å²) in [7, 11) is 0. The Morgan fingerprint density at radius 1 is 0.241 bits per heavy atom. The molecule has 58 heavy (non-hydrogen) atoms. The molecular formula is C56H32O2. The normalized spacial score (nSPS) is 12.1. The molecule has 0 spiro atoms. The molecule has 2 heteroatoms. The Labute approximate surface area is 332 Å². The van der Waals surface area contributed by atoms with Crippen molar-refractivity contribution < 1.29 is 8.83 Å². The van der Waals surface area contributed by atoms with E-state index in [1.54, 1.807) is 0 Å². The Morgan fingerprint density at radius 2 is 0.707 bits per heavy atom. The average Bonchev–Trinajstić information content (AvgIpc) is 3.83. The van der Waals surface area contributed by atoms with Crippen LogP contribution in [0, 0.1) is 0 Å². The molecule has 0 saturated carbocycles. The first-order valence-electron chi connectivity index (χ1n) is 19.9. The smallest absolute Gasteiger partial charge is 0.139 e. The minimum atomic E-state index is 0.834. The highest BCUT2D eigenvalue weighted by molar-refractivity contribution is 6.25. The number of para-hydroxylation sites is 1. The molecule has 0 atom stereocenters. The fraction of sp³-hybridized carbons (Fsp3) is 0. The van der Waals surface area contributed by atoms with Crippen molar-refractivity contribution in [1.29, 1.82) is 0 Å². The number of hydrogen-bond acceptors (Lipinski definition) is 2. The van der Waals surface area contributed by atoms with E-state index < -0.39 is 0 Å². The van der Waals surface area contributed by atoms with E-state index in [-0.39, 0.29) is 0 Å². The van der Waals surface area contributed by atoms with Gasteiger partial charge in [-0.1, -0.05) is 152 Å². The monoisotopic (exact) mass is 736 g/mol. The molecular weight excluding hydrogens is 705 g/mol. The van der Waals surface area contributed by atoms with Crippen molar-refractivity contribution >= 4 is 97.7 Å². The van der Waals surface area contributed by atoms with Gasteiger partial charge in [0.1, 0.15) is 22.3 Å². The van der Waals surface area contributed by atoms with Crippen LogP contribution in [0.5, 0.6) is 0 Å². The van der Waals surface area contributed by atoms with Crippen LogP contribution in [0.15, 0.2) is 203 Å². The van der Waals surface area contributed by atoms with E-state index >= 15 is 0 Å². The maximum atomic E-state index is 6.64. The Bertz CT molecular complexity index is 3800. The van der Waals surface area contributed by atoms with Crippen LogP contribution in [0.4, 0.5) is 0 Å². The van der Waals surface area contributed by atoms with Crippen molar-refractivity contribution in [2.45, 2.75) is 0 Å². The zero-order valence-electron chi connectivity index (χ0n) is 31.3. The van der Waals surface area contributed by atoms with Crippen LogP contribution in [-0.4, -0.2) is 0 Å². The van der Waals surface area contributed by atoms with Gasteiger partial charge in [-0.25, -0.2) is 0 Å². The molecule has 0 fully saturated rings. The molecule has 2 nitrogen and oxygen atoms in total. The van der Waals surface area contributed by atoms with Gasteiger partial charge in [-0.15, -0.1) is 0 Å². The first-order valence-corrected chi connectivity index (χ1v) is 19.9. The third-order valence-corrected chi connectivity index (χ3v) is 12.4. The lowest BCUT2D eigenvalue weighted by Gasteiger charge is -2.18. The van der Waals surface area contributed by atoms with Gasteiger partial charge in [-0.3, -0.25) is 0 Å². The molecule has 0 aliphatic carbocycles. The van der Waals surface area contributed by atoms with Gasteiger partial charge in [0.15, 0.2) is 0 Å². The molecule has 11 aromatic carbocycles. The number of fused-ring (bicyclic) bond motifs is 12. The Morgan fingerprint density at radius 3 is 1.38 bits per heavy atom. The maximum absolute atomic E-state index is 6.64. The van der Waals surface area contributed by atoms with E-state index in [1.165, 1.54) is 76.1 Å². The number of furan rings is 2. The number of rotatable bonds is 3. The zero-order chi connectivity index (χ0) is 37.9. The topological polar surface area (TPSA) is 26.3 Å². The quantitative estimate of drug-likeness (QED) is 0.169. The van der Waals surface area contributed by atoms with Crippen LogP contribution in [0.25, 0.3) is 131 Å². The molecule has 0 amide bonds. The van der Waals surface area contributed by atoms with E-state index in [0.29, 0.717) is 0 Å². The standard InChI is InChI=1S/C56H32O2/c1-2-12-34-28-38(25-21-33(34)11-1)54-43-16-5-7-18-45(43)55(46-19-8-6-17-44(46)54)39-26-23-35-27-37(24-22-36(35)29-39)47-31-53-56(42-15-4-3-13-40(42)47)49-30-48-41-14-9-10-20-50(41)57-51(48)32-52(49)58-53/h1-32H. The molecule has 0 saturated heterocycles. The second kappa shape index (κ2) is 11.9. The van der Waals surface area contributed by atoms with Crippen molar-refractivity contribution in [1.82, 2.24) is 0 Å². The Hall–Kier alpha value is -7.68. The van der Waals surface area contributed by atoms with E-state index in [4.69, 9.17) is 8.83 Å². The SMILES string of the molecule is c1ccc2cc(-c3c4ccccc4c(-c4ccc5cc(-c6cc7oc8cc9oc%10ccccc%10c9cc8c7c7ccccc67)ccc5c4)c4ccccc34)ccc2c1. The first kappa shape index (κ1) is 31.5. The Balaban J connectivity index is 0.971. The van der Waals surface area contributed by atoms with Crippen molar-refractivity contribution in [2.24, 2.45) is 0 Å². The van der Waals surface area contributed by atoms with Crippen molar-refractivity contribution in [3.63, 3.8) is 0 Å². The molecule has 0 bridgehead atoms. The summed E-state index contributed by atoms with van der Waals surface area (Å²) in [6.07, 6.45) is 0. The molecule has 0 N–H and O–H groups in total.